The molecule has 2 heterocycles. The van der Waals surface area contributed by atoms with Gasteiger partial charge in [0.25, 0.3) is 0 Å². The second kappa shape index (κ2) is 5.38. The molecule has 0 aliphatic carbocycles. The lowest BCUT2D eigenvalue weighted by molar-refractivity contribution is -0.146. The fourth-order valence-electron chi connectivity index (χ4n) is 2.57. The van der Waals surface area contributed by atoms with Gasteiger partial charge in [-0.2, -0.15) is 0 Å². The summed E-state index contributed by atoms with van der Waals surface area (Å²) in [6.07, 6.45) is 0.245. The average molecular weight is 290 g/mol. The van der Waals surface area contributed by atoms with Crippen LogP contribution >= 0.6 is 0 Å². The summed E-state index contributed by atoms with van der Waals surface area (Å²) in [6.45, 7) is 6.03. The molecular formula is C12H22N2O4S. The second-order valence-corrected chi connectivity index (χ2v) is 8.12. The minimum Gasteiger partial charge on any atom is -0.372 e. The van der Waals surface area contributed by atoms with Gasteiger partial charge >= 0.3 is 0 Å². The van der Waals surface area contributed by atoms with Crippen molar-refractivity contribution in [1.82, 2.24) is 10.2 Å². The third-order valence-corrected chi connectivity index (χ3v) is 5.24. The highest BCUT2D eigenvalue weighted by molar-refractivity contribution is 7.91. The first kappa shape index (κ1) is 14.7. The number of nitrogens with one attached hydrogen (secondary N) is 1. The number of morpholine rings is 1. The molecule has 7 heteroatoms. The van der Waals surface area contributed by atoms with E-state index in [4.69, 9.17) is 4.74 Å². The molecule has 2 aliphatic rings. The summed E-state index contributed by atoms with van der Waals surface area (Å²) in [5.41, 5.74) is -0.319. The van der Waals surface area contributed by atoms with Crippen molar-refractivity contribution in [1.29, 1.82) is 0 Å². The lowest BCUT2D eigenvalue weighted by atomic mass is 10.1. The predicted octanol–water partition coefficient (Wildman–Crippen LogP) is -0.599. The molecule has 2 saturated heterocycles. The number of hydrogen-bond donors (Lipinski definition) is 1. The molecule has 6 nitrogen and oxygen atoms in total. The van der Waals surface area contributed by atoms with Crippen LogP contribution in [0.2, 0.25) is 0 Å². The Morgan fingerprint density at radius 3 is 2.84 bits per heavy atom. The summed E-state index contributed by atoms with van der Waals surface area (Å²) in [6, 6.07) is -0.253. The van der Waals surface area contributed by atoms with Crippen molar-refractivity contribution in [3.63, 3.8) is 0 Å². The zero-order valence-corrected chi connectivity index (χ0v) is 12.3. The Kier molecular flexibility index (Phi) is 4.17. The van der Waals surface area contributed by atoms with Crippen LogP contribution in [0.15, 0.2) is 0 Å². The monoisotopic (exact) mass is 290 g/mol. The van der Waals surface area contributed by atoms with E-state index in [1.54, 1.807) is 4.90 Å². The molecule has 2 rings (SSSR count). The average Bonchev–Trinajstić information content (AvgIpc) is 2.26. The number of hydrogen-bond acceptors (Lipinski definition) is 5. The van der Waals surface area contributed by atoms with E-state index in [9.17, 15) is 13.2 Å². The van der Waals surface area contributed by atoms with E-state index < -0.39 is 9.84 Å². The lowest BCUT2D eigenvalue weighted by Crippen LogP contribution is -2.53. The molecule has 1 N–H and O–H groups in total. The third-order valence-electron chi connectivity index (χ3n) is 3.50. The predicted molar refractivity (Wildman–Crippen MR) is 71.7 cm³/mol. The van der Waals surface area contributed by atoms with Gasteiger partial charge in [0.05, 0.1) is 23.7 Å². The molecule has 1 amide bonds. The van der Waals surface area contributed by atoms with Crippen LogP contribution in [0.4, 0.5) is 0 Å². The molecule has 0 aromatic rings. The van der Waals surface area contributed by atoms with E-state index in [1.165, 1.54) is 0 Å². The maximum atomic E-state index is 12.2. The minimum atomic E-state index is -2.99. The quantitative estimate of drug-likeness (QED) is 0.735. The van der Waals surface area contributed by atoms with Crippen molar-refractivity contribution in [2.24, 2.45) is 0 Å². The zero-order valence-electron chi connectivity index (χ0n) is 11.5. The number of sulfone groups is 1. The molecule has 1 unspecified atom stereocenters. The van der Waals surface area contributed by atoms with Crippen LogP contribution in [0.1, 0.15) is 20.3 Å². The van der Waals surface area contributed by atoms with E-state index in [1.807, 2.05) is 13.8 Å². The van der Waals surface area contributed by atoms with Crippen molar-refractivity contribution in [2.75, 3.05) is 37.7 Å². The number of amides is 1. The fraction of sp³-hybridized carbons (Fsp3) is 0.917. The van der Waals surface area contributed by atoms with Crippen LogP contribution in [0, 0.1) is 0 Å². The largest absolute Gasteiger partial charge is 0.372 e. The summed E-state index contributed by atoms with van der Waals surface area (Å²) >= 11 is 0. The van der Waals surface area contributed by atoms with E-state index >= 15 is 0 Å². The first-order valence-corrected chi connectivity index (χ1v) is 8.45. The van der Waals surface area contributed by atoms with Crippen LogP contribution in [-0.4, -0.2) is 68.6 Å². The van der Waals surface area contributed by atoms with Gasteiger partial charge in [0, 0.05) is 32.1 Å². The Bertz CT molecular complexity index is 447. The maximum absolute atomic E-state index is 12.2. The molecule has 2 fully saturated rings. The smallest absolute Gasteiger partial charge is 0.224 e. The van der Waals surface area contributed by atoms with Crippen molar-refractivity contribution < 1.29 is 17.9 Å². The van der Waals surface area contributed by atoms with Crippen molar-refractivity contribution in [3.05, 3.63) is 0 Å². The number of ether oxygens (including phenoxy) is 1. The van der Waals surface area contributed by atoms with E-state index in [0.717, 1.165) is 0 Å². The van der Waals surface area contributed by atoms with Crippen LogP contribution in [0.3, 0.4) is 0 Å². The summed E-state index contributed by atoms with van der Waals surface area (Å²) in [5.74, 6) is 0.236. The molecule has 0 radical (unpaired) electrons. The maximum Gasteiger partial charge on any atom is 0.224 e. The van der Waals surface area contributed by atoms with Crippen LogP contribution in [-0.2, 0) is 19.4 Å². The molecule has 0 spiro atoms. The molecule has 19 heavy (non-hydrogen) atoms. The van der Waals surface area contributed by atoms with Crippen molar-refractivity contribution >= 4 is 15.7 Å². The molecule has 0 aromatic carbocycles. The van der Waals surface area contributed by atoms with E-state index in [-0.39, 0.29) is 35.5 Å². The topological polar surface area (TPSA) is 75.7 Å². The summed E-state index contributed by atoms with van der Waals surface area (Å²) < 4.78 is 28.6. The summed E-state index contributed by atoms with van der Waals surface area (Å²) in [5, 5.41) is 3.11. The standard InChI is InChI=1S/C12H22N2O4S/c1-12(2)9-14(4-5-18-12)11(15)7-10-8-19(16,17)6-3-13-10/h10,13H,3-9H2,1-2H3. The van der Waals surface area contributed by atoms with Gasteiger partial charge in [0.15, 0.2) is 9.84 Å². The van der Waals surface area contributed by atoms with Gasteiger partial charge in [-0.3, -0.25) is 4.79 Å². The van der Waals surface area contributed by atoms with Crippen LogP contribution < -0.4 is 5.32 Å². The van der Waals surface area contributed by atoms with Crippen molar-refractivity contribution in [2.45, 2.75) is 31.9 Å². The van der Waals surface area contributed by atoms with Crippen LogP contribution in [0.5, 0.6) is 0 Å². The molecule has 0 aromatic heterocycles. The highest BCUT2D eigenvalue weighted by Crippen LogP contribution is 2.18. The highest BCUT2D eigenvalue weighted by atomic mass is 32.2. The Balaban J connectivity index is 1.90. The molecule has 0 saturated carbocycles. The van der Waals surface area contributed by atoms with Gasteiger partial charge in [-0.25, -0.2) is 8.42 Å². The van der Waals surface area contributed by atoms with Gasteiger partial charge in [-0.05, 0) is 13.8 Å². The van der Waals surface area contributed by atoms with Gasteiger partial charge in [0.2, 0.25) is 5.91 Å². The molecule has 0 bridgehead atoms. The Morgan fingerprint density at radius 1 is 1.47 bits per heavy atom. The Morgan fingerprint density at radius 2 is 2.21 bits per heavy atom. The molecule has 110 valence electrons. The fourth-order valence-corrected chi connectivity index (χ4v) is 4.01. The third kappa shape index (κ3) is 4.15. The van der Waals surface area contributed by atoms with E-state index in [0.29, 0.717) is 26.2 Å². The minimum absolute atomic E-state index is 0.00553. The van der Waals surface area contributed by atoms with Crippen molar-refractivity contribution in [3.8, 4) is 0 Å². The zero-order chi connectivity index (χ0) is 14.1. The van der Waals surface area contributed by atoms with Crippen LogP contribution in [0.25, 0.3) is 0 Å². The summed E-state index contributed by atoms with van der Waals surface area (Å²) in [4.78, 5) is 14.0. The van der Waals surface area contributed by atoms with Gasteiger partial charge in [-0.1, -0.05) is 0 Å². The molecule has 2 aliphatic heterocycles. The molecule has 1 atom stereocenters. The molecular weight excluding hydrogens is 268 g/mol. The Labute approximate surface area is 114 Å². The number of nitrogens with zero attached hydrogens (tertiary/aromatic N) is 1. The summed E-state index contributed by atoms with van der Waals surface area (Å²) in [7, 11) is -2.99. The number of carbonyl (C=O) groups excluding carboxylic acids is 1. The number of carbonyl (C=O) groups is 1. The Hall–Kier alpha value is -0.660. The first-order valence-electron chi connectivity index (χ1n) is 6.63. The SMILES string of the molecule is CC1(C)CN(C(=O)CC2CS(=O)(=O)CCN2)CCO1. The first-order chi connectivity index (χ1) is 8.77. The second-order valence-electron chi connectivity index (χ2n) is 5.89. The van der Waals surface area contributed by atoms with Gasteiger partial charge in [0.1, 0.15) is 0 Å². The van der Waals surface area contributed by atoms with E-state index in [2.05, 4.69) is 5.32 Å². The highest BCUT2D eigenvalue weighted by Gasteiger charge is 2.32. The van der Waals surface area contributed by atoms with Gasteiger partial charge < -0.3 is 15.0 Å². The van der Waals surface area contributed by atoms with Gasteiger partial charge in [-0.15, -0.1) is 0 Å². The number of rotatable bonds is 2. The lowest BCUT2D eigenvalue weighted by Gasteiger charge is -2.38. The normalized spacial score (nSPS) is 30.0.